The molecule has 0 atom stereocenters. The van der Waals surface area contributed by atoms with Crippen LogP contribution < -0.4 is 0 Å². The SMILES string of the molecule is N#Cc1cc(F)c(F)cc1C#CCCS. The maximum Gasteiger partial charge on any atom is 0.160 e. The number of hydrogen-bond acceptors (Lipinski definition) is 2. The summed E-state index contributed by atoms with van der Waals surface area (Å²) in [6.07, 6.45) is 0.535. The van der Waals surface area contributed by atoms with Gasteiger partial charge in [-0.25, -0.2) is 8.78 Å². The van der Waals surface area contributed by atoms with Crippen molar-refractivity contribution in [3.63, 3.8) is 0 Å². The molecule has 0 radical (unpaired) electrons. The summed E-state index contributed by atoms with van der Waals surface area (Å²) in [6.45, 7) is 0. The van der Waals surface area contributed by atoms with E-state index >= 15 is 0 Å². The van der Waals surface area contributed by atoms with Crippen molar-refractivity contribution in [1.29, 1.82) is 5.26 Å². The van der Waals surface area contributed by atoms with Crippen molar-refractivity contribution in [1.82, 2.24) is 0 Å². The van der Waals surface area contributed by atoms with Crippen LogP contribution in [0.1, 0.15) is 17.5 Å². The van der Waals surface area contributed by atoms with Gasteiger partial charge in [-0.3, -0.25) is 0 Å². The zero-order valence-corrected chi connectivity index (χ0v) is 8.61. The van der Waals surface area contributed by atoms with Crippen LogP contribution in [-0.4, -0.2) is 5.75 Å². The van der Waals surface area contributed by atoms with Crippen LogP contribution in [0.15, 0.2) is 12.1 Å². The highest BCUT2D eigenvalue weighted by atomic mass is 32.1. The molecule has 76 valence electrons. The highest BCUT2D eigenvalue weighted by molar-refractivity contribution is 7.80. The smallest absolute Gasteiger partial charge is 0.160 e. The van der Waals surface area contributed by atoms with Crippen molar-refractivity contribution in [3.05, 3.63) is 34.9 Å². The maximum atomic E-state index is 12.8. The molecule has 0 spiro atoms. The Morgan fingerprint density at radius 1 is 1.20 bits per heavy atom. The third-order valence-corrected chi connectivity index (χ3v) is 1.86. The van der Waals surface area contributed by atoms with Gasteiger partial charge in [0.1, 0.15) is 6.07 Å². The van der Waals surface area contributed by atoms with Gasteiger partial charge in [0.15, 0.2) is 11.6 Å². The molecule has 1 nitrogen and oxygen atoms in total. The molecule has 1 aromatic rings. The summed E-state index contributed by atoms with van der Waals surface area (Å²) < 4.78 is 25.6. The third kappa shape index (κ3) is 2.97. The number of halogens is 2. The number of thiol groups is 1. The minimum atomic E-state index is -1.04. The van der Waals surface area contributed by atoms with Crippen LogP contribution in [0, 0.1) is 34.8 Å². The molecule has 0 N–H and O–H groups in total. The molecular weight excluding hydrogens is 216 g/mol. The Hall–Kier alpha value is -1.52. The molecule has 0 saturated heterocycles. The lowest BCUT2D eigenvalue weighted by atomic mass is 10.1. The van der Waals surface area contributed by atoms with Gasteiger partial charge < -0.3 is 0 Å². The summed E-state index contributed by atoms with van der Waals surface area (Å²) in [5.74, 6) is 3.86. The maximum absolute atomic E-state index is 12.8. The fourth-order valence-electron chi connectivity index (χ4n) is 0.956. The third-order valence-electron chi connectivity index (χ3n) is 1.64. The van der Waals surface area contributed by atoms with Gasteiger partial charge in [-0.2, -0.15) is 17.9 Å². The molecule has 0 unspecified atom stereocenters. The molecule has 0 aliphatic heterocycles. The fourth-order valence-corrected chi connectivity index (χ4v) is 1.07. The van der Waals surface area contributed by atoms with Crippen LogP contribution in [0.3, 0.4) is 0 Å². The Bertz CT molecular complexity index is 466. The average Bonchev–Trinajstić information content (AvgIpc) is 2.23. The van der Waals surface area contributed by atoms with E-state index in [1.165, 1.54) is 0 Å². The first-order valence-electron chi connectivity index (χ1n) is 4.18. The first-order valence-corrected chi connectivity index (χ1v) is 4.81. The van der Waals surface area contributed by atoms with Crippen molar-refractivity contribution in [2.24, 2.45) is 0 Å². The molecule has 0 aromatic heterocycles. The van der Waals surface area contributed by atoms with E-state index in [0.717, 1.165) is 12.1 Å². The van der Waals surface area contributed by atoms with Gasteiger partial charge in [0.2, 0.25) is 0 Å². The lowest BCUT2D eigenvalue weighted by Gasteiger charge is -1.97. The molecule has 15 heavy (non-hydrogen) atoms. The molecular formula is C11H7F2NS. The molecule has 0 amide bonds. The molecule has 0 heterocycles. The van der Waals surface area contributed by atoms with Crippen LogP contribution in [0.5, 0.6) is 0 Å². The van der Waals surface area contributed by atoms with E-state index in [4.69, 9.17) is 5.26 Å². The Balaban J connectivity index is 3.14. The van der Waals surface area contributed by atoms with Crippen molar-refractivity contribution in [3.8, 4) is 17.9 Å². The van der Waals surface area contributed by atoms with Crippen molar-refractivity contribution < 1.29 is 8.78 Å². The Morgan fingerprint density at radius 3 is 2.33 bits per heavy atom. The highest BCUT2D eigenvalue weighted by Gasteiger charge is 2.07. The van der Waals surface area contributed by atoms with Gasteiger partial charge >= 0.3 is 0 Å². The predicted molar refractivity (Wildman–Crippen MR) is 56.4 cm³/mol. The highest BCUT2D eigenvalue weighted by Crippen LogP contribution is 2.13. The Labute approximate surface area is 92.1 Å². The summed E-state index contributed by atoms with van der Waals surface area (Å²) in [5.41, 5.74) is 0.249. The summed E-state index contributed by atoms with van der Waals surface area (Å²) in [4.78, 5) is 0. The lowest BCUT2D eigenvalue weighted by Crippen LogP contribution is -1.91. The summed E-state index contributed by atoms with van der Waals surface area (Å²) in [5, 5.41) is 8.67. The van der Waals surface area contributed by atoms with Crippen LogP contribution >= 0.6 is 12.6 Å². The Kier molecular flexibility index (Phi) is 4.15. The number of hydrogen-bond donors (Lipinski definition) is 1. The predicted octanol–water partition coefficient (Wildman–Crippen LogP) is 2.51. The van der Waals surface area contributed by atoms with Crippen molar-refractivity contribution in [2.45, 2.75) is 6.42 Å². The van der Waals surface area contributed by atoms with Crippen LogP contribution in [0.2, 0.25) is 0 Å². The van der Waals surface area contributed by atoms with Gasteiger partial charge in [0.05, 0.1) is 5.56 Å². The molecule has 1 aromatic carbocycles. The molecule has 0 saturated carbocycles. The second-order valence-electron chi connectivity index (χ2n) is 2.70. The number of rotatable bonds is 1. The van der Waals surface area contributed by atoms with Gasteiger partial charge in [-0.1, -0.05) is 11.8 Å². The second kappa shape index (κ2) is 5.38. The van der Waals surface area contributed by atoms with Crippen LogP contribution in [0.25, 0.3) is 0 Å². The molecule has 0 bridgehead atoms. The van der Waals surface area contributed by atoms with E-state index in [0.29, 0.717) is 12.2 Å². The van der Waals surface area contributed by atoms with E-state index in [1.54, 1.807) is 6.07 Å². The molecule has 0 aliphatic rings. The van der Waals surface area contributed by atoms with Gasteiger partial charge in [0.25, 0.3) is 0 Å². The zero-order valence-electron chi connectivity index (χ0n) is 7.72. The molecule has 1 rings (SSSR count). The van der Waals surface area contributed by atoms with E-state index in [1.807, 2.05) is 0 Å². The largest absolute Gasteiger partial charge is 0.204 e. The van der Waals surface area contributed by atoms with Crippen molar-refractivity contribution in [2.75, 3.05) is 5.75 Å². The summed E-state index contributed by atoms with van der Waals surface area (Å²) in [6, 6.07) is 3.54. The lowest BCUT2D eigenvalue weighted by molar-refractivity contribution is 0.508. The van der Waals surface area contributed by atoms with E-state index < -0.39 is 11.6 Å². The normalized spacial score (nSPS) is 8.93. The molecule has 0 fully saturated rings. The number of benzene rings is 1. The Morgan fingerprint density at radius 2 is 1.80 bits per heavy atom. The topological polar surface area (TPSA) is 23.8 Å². The minimum absolute atomic E-state index is 0.0422. The van der Waals surface area contributed by atoms with Gasteiger partial charge in [-0.15, -0.1) is 0 Å². The van der Waals surface area contributed by atoms with E-state index in [-0.39, 0.29) is 11.1 Å². The minimum Gasteiger partial charge on any atom is -0.204 e. The molecule has 4 heteroatoms. The number of nitrogens with zero attached hydrogens (tertiary/aromatic N) is 1. The van der Waals surface area contributed by atoms with Crippen LogP contribution in [0.4, 0.5) is 8.78 Å². The van der Waals surface area contributed by atoms with Gasteiger partial charge in [0, 0.05) is 17.7 Å². The fraction of sp³-hybridized carbons (Fsp3) is 0.182. The molecule has 0 aliphatic carbocycles. The first-order chi connectivity index (χ1) is 7.19. The monoisotopic (exact) mass is 223 g/mol. The van der Waals surface area contributed by atoms with E-state index in [9.17, 15) is 8.78 Å². The second-order valence-corrected chi connectivity index (χ2v) is 3.15. The van der Waals surface area contributed by atoms with Crippen LogP contribution in [-0.2, 0) is 0 Å². The number of nitriles is 1. The zero-order chi connectivity index (χ0) is 11.3. The average molecular weight is 223 g/mol. The first kappa shape index (κ1) is 11.6. The van der Waals surface area contributed by atoms with E-state index in [2.05, 4.69) is 24.5 Å². The quantitative estimate of drug-likeness (QED) is 0.574. The standard InChI is InChI=1S/C11H7F2NS/c12-10-5-8(3-1-2-4-15)9(7-14)6-11(10)13/h5-6,15H,2,4H2. The summed E-state index contributed by atoms with van der Waals surface area (Å²) >= 11 is 3.95. The van der Waals surface area contributed by atoms with Crippen molar-refractivity contribution >= 4 is 12.6 Å². The van der Waals surface area contributed by atoms with Gasteiger partial charge in [-0.05, 0) is 12.1 Å². The summed E-state index contributed by atoms with van der Waals surface area (Å²) in [7, 11) is 0.